The van der Waals surface area contributed by atoms with Crippen molar-refractivity contribution in [3.63, 3.8) is 0 Å². The molecule has 1 aliphatic heterocycles. The van der Waals surface area contributed by atoms with Crippen LogP contribution in [0, 0.1) is 5.92 Å². The van der Waals surface area contributed by atoms with Crippen LogP contribution in [0.3, 0.4) is 0 Å². The SMILES string of the molecule is CC(C)CCc1nc2c(C3CCN(C)CC3)cccc2n1C(N)=O. The van der Waals surface area contributed by atoms with Crippen LogP contribution in [0.4, 0.5) is 4.79 Å². The van der Waals surface area contributed by atoms with Crippen LogP contribution in [0.25, 0.3) is 11.0 Å². The zero-order valence-electron chi connectivity index (χ0n) is 15.0. The van der Waals surface area contributed by atoms with Crippen molar-refractivity contribution in [2.24, 2.45) is 11.7 Å². The fraction of sp³-hybridized carbons (Fsp3) is 0.579. The molecule has 0 aliphatic carbocycles. The summed E-state index contributed by atoms with van der Waals surface area (Å²) in [4.78, 5) is 19.2. The van der Waals surface area contributed by atoms with Gasteiger partial charge in [-0.1, -0.05) is 26.0 Å². The van der Waals surface area contributed by atoms with Crippen molar-refractivity contribution in [3.8, 4) is 0 Å². The number of carbonyl (C=O) groups is 1. The molecule has 1 aromatic heterocycles. The Balaban J connectivity index is 2.02. The molecule has 0 unspecified atom stereocenters. The number of hydrogen-bond acceptors (Lipinski definition) is 3. The van der Waals surface area contributed by atoms with Crippen LogP contribution in [-0.4, -0.2) is 40.6 Å². The Morgan fingerprint density at radius 1 is 1.33 bits per heavy atom. The second-order valence-corrected chi connectivity index (χ2v) is 7.43. The molecule has 0 bridgehead atoms. The van der Waals surface area contributed by atoms with Gasteiger partial charge in [-0.15, -0.1) is 0 Å². The quantitative estimate of drug-likeness (QED) is 0.936. The molecule has 2 N–H and O–H groups in total. The second-order valence-electron chi connectivity index (χ2n) is 7.43. The van der Waals surface area contributed by atoms with Crippen LogP contribution in [0.1, 0.15) is 50.4 Å². The maximum atomic E-state index is 12.0. The first-order chi connectivity index (χ1) is 11.5. The highest BCUT2D eigenvalue weighted by molar-refractivity contribution is 5.91. The minimum absolute atomic E-state index is 0.434. The zero-order valence-corrected chi connectivity index (χ0v) is 15.0. The van der Waals surface area contributed by atoms with Crippen LogP contribution in [0.15, 0.2) is 18.2 Å². The van der Waals surface area contributed by atoms with Crippen molar-refractivity contribution in [2.75, 3.05) is 20.1 Å². The van der Waals surface area contributed by atoms with Crippen molar-refractivity contribution in [1.29, 1.82) is 0 Å². The van der Waals surface area contributed by atoms with E-state index >= 15 is 0 Å². The maximum Gasteiger partial charge on any atom is 0.324 e. The molecule has 3 rings (SSSR count). The molecule has 2 aromatic rings. The predicted molar refractivity (Wildman–Crippen MR) is 97.3 cm³/mol. The van der Waals surface area contributed by atoms with E-state index in [-0.39, 0.29) is 0 Å². The lowest BCUT2D eigenvalue weighted by atomic mass is 9.89. The van der Waals surface area contributed by atoms with Gasteiger partial charge in [0, 0.05) is 6.42 Å². The van der Waals surface area contributed by atoms with Crippen molar-refractivity contribution in [1.82, 2.24) is 14.5 Å². The largest absolute Gasteiger partial charge is 0.351 e. The molecule has 1 amide bonds. The Kier molecular flexibility index (Phi) is 4.90. The van der Waals surface area contributed by atoms with E-state index in [1.165, 1.54) is 5.56 Å². The first-order valence-electron chi connectivity index (χ1n) is 8.96. The van der Waals surface area contributed by atoms with Crippen molar-refractivity contribution in [3.05, 3.63) is 29.6 Å². The summed E-state index contributed by atoms with van der Waals surface area (Å²) in [5.74, 6) is 1.88. The Morgan fingerprint density at radius 2 is 2.04 bits per heavy atom. The lowest BCUT2D eigenvalue weighted by Crippen LogP contribution is -2.29. The number of primary amides is 1. The van der Waals surface area contributed by atoms with Gasteiger partial charge < -0.3 is 10.6 Å². The summed E-state index contributed by atoms with van der Waals surface area (Å²) in [6, 6.07) is 5.73. The number of benzene rings is 1. The molecule has 24 heavy (non-hydrogen) atoms. The van der Waals surface area contributed by atoms with Gasteiger partial charge >= 0.3 is 6.03 Å². The molecule has 1 fully saturated rings. The molecule has 5 nitrogen and oxygen atoms in total. The van der Waals surface area contributed by atoms with Gasteiger partial charge in [-0.2, -0.15) is 0 Å². The highest BCUT2D eigenvalue weighted by Crippen LogP contribution is 2.33. The van der Waals surface area contributed by atoms with Crippen LogP contribution in [0.5, 0.6) is 0 Å². The minimum Gasteiger partial charge on any atom is -0.351 e. The Hall–Kier alpha value is -1.88. The number of nitrogens with two attached hydrogens (primary N) is 1. The topological polar surface area (TPSA) is 64.2 Å². The standard InChI is InChI=1S/C19H28N4O/c1-13(2)7-8-17-21-18-15(14-9-11-22(3)12-10-14)5-4-6-16(18)23(17)19(20)24/h4-6,13-14H,7-12H2,1-3H3,(H2,20,24). The van der Waals surface area contributed by atoms with Crippen molar-refractivity contribution < 1.29 is 4.79 Å². The lowest BCUT2D eigenvalue weighted by Gasteiger charge is -2.29. The Morgan fingerprint density at radius 3 is 2.67 bits per heavy atom. The number of rotatable bonds is 4. The first-order valence-corrected chi connectivity index (χ1v) is 8.96. The van der Waals surface area contributed by atoms with E-state index < -0.39 is 6.03 Å². The maximum absolute atomic E-state index is 12.0. The first kappa shape index (κ1) is 17.0. The number of fused-ring (bicyclic) bond motifs is 1. The highest BCUT2D eigenvalue weighted by atomic mass is 16.2. The molecule has 1 aromatic carbocycles. The zero-order chi connectivity index (χ0) is 17.3. The Bertz CT molecular complexity index is 726. The summed E-state index contributed by atoms with van der Waals surface area (Å²) in [6.07, 6.45) is 4.06. The molecule has 130 valence electrons. The third-order valence-corrected chi connectivity index (χ3v) is 5.11. The molecule has 2 heterocycles. The fourth-order valence-electron chi connectivity index (χ4n) is 3.65. The van der Waals surface area contributed by atoms with Gasteiger partial charge in [-0.05, 0) is 62.9 Å². The molecular weight excluding hydrogens is 300 g/mol. The summed E-state index contributed by atoms with van der Waals surface area (Å²) in [5, 5.41) is 0. The molecule has 1 saturated heterocycles. The van der Waals surface area contributed by atoms with Crippen LogP contribution >= 0.6 is 0 Å². The van der Waals surface area contributed by atoms with Gasteiger partial charge in [-0.3, -0.25) is 0 Å². The number of aryl methyl sites for hydroxylation is 1. The lowest BCUT2D eigenvalue weighted by molar-refractivity contribution is 0.250. The average Bonchev–Trinajstić information content (AvgIpc) is 2.92. The smallest absolute Gasteiger partial charge is 0.324 e. The number of piperidine rings is 1. The minimum atomic E-state index is -0.434. The molecule has 0 atom stereocenters. The molecule has 0 radical (unpaired) electrons. The van der Waals surface area contributed by atoms with E-state index in [1.54, 1.807) is 4.57 Å². The third-order valence-electron chi connectivity index (χ3n) is 5.11. The number of amides is 1. The normalized spacial score (nSPS) is 17.0. The highest BCUT2D eigenvalue weighted by Gasteiger charge is 2.23. The predicted octanol–water partition coefficient (Wildman–Crippen LogP) is 3.36. The van der Waals surface area contributed by atoms with E-state index in [9.17, 15) is 4.79 Å². The van der Waals surface area contributed by atoms with Gasteiger partial charge in [0.25, 0.3) is 0 Å². The third kappa shape index (κ3) is 3.31. The number of imidazole rings is 1. The number of likely N-dealkylation sites (tertiary alicyclic amines) is 1. The number of carbonyl (C=O) groups excluding carboxylic acids is 1. The second kappa shape index (κ2) is 6.93. The van der Waals surface area contributed by atoms with Gasteiger partial charge in [0.2, 0.25) is 0 Å². The monoisotopic (exact) mass is 328 g/mol. The van der Waals surface area contributed by atoms with Crippen LogP contribution in [0.2, 0.25) is 0 Å². The van der Waals surface area contributed by atoms with Crippen molar-refractivity contribution in [2.45, 2.75) is 45.4 Å². The summed E-state index contributed by atoms with van der Waals surface area (Å²) in [7, 11) is 2.17. The summed E-state index contributed by atoms with van der Waals surface area (Å²) >= 11 is 0. The van der Waals surface area contributed by atoms with Gasteiger partial charge in [0.05, 0.1) is 11.0 Å². The van der Waals surface area contributed by atoms with E-state index in [0.29, 0.717) is 11.8 Å². The van der Waals surface area contributed by atoms with E-state index in [0.717, 1.165) is 55.6 Å². The van der Waals surface area contributed by atoms with Crippen LogP contribution < -0.4 is 5.73 Å². The van der Waals surface area contributed by atoms with E-state index in [1.807, 2.05) is 12.1 Å². The van der Waals surface area contributed by atoms with Crippen LogP contribution in [-0.2, 0) is 6.42 Å². The average molecular weight is 328 g/mol. The Labute approximate surface area is 143 Å². The number of nitrogens with zero attached hydrogens (tertiary/aromatic N) is 3. The van der Waals surface area contributed by atoms with Gasteiger partial charge in [0.1, 0.15) is 5.82 Å². The van der Waals surface area contributed by atoms with Crippen molar-refractivity contribution >= 4 is 17.1 Å². The number of hydrogen-bond donors (Lipinski definition) is 1. The molecule has 1 aliphatic rings. The van der Waals surface area contributed by atoms with E-state index in [4.69, 9.17) is 10.7 Å². The fourth-order valence-corrected chi connectivity index (χ4v) is 3.65. The number of para-hydroxylation sites is 1. The van der Waals surface area contributed by atoms with Gasteiger partial charge in [0.15, 0.2) is 0 Å². The summed E-state index contributed by atoms with van der Waals surface area (Å²) < 4.78 is 1.61. The molecular formula is C19H28N4O. The summed E-state index contributed by atoms with van der Waals surface area (Å²) in [6.45, 7) is 6.58. The molecule has 0 spiro atoms. The number of aromatic nitrogens is 2. The van der Waals surface area contributed by atoms with Gasteiger partial charge in [-0.25, -0.2) is 14.3 Å². The van der Waals surface area contributed by atoms with E-state index in [2.05, 4.69) is 31.9 Å². The molecule has 5 heteroatoms. The molecule has 0 saturated carbocycles. The summed E-state index contributed by atoms with van der Waals surface area (Å²) in [5.41, 5.74) is 8.75.